The van der Waals surface area contributed by atoms with Gasteiger partial charge in [0, 0.05) is 11.8 Å². The summed E-state index contributed by atoms with van der Waals surface area (Å²) in [6.07, 6.45) is 0.933. The molecule has 29 heavy (non-hydrogen) atoms. The second-order valence-electron chi connectivity index (χ2n) is 8.30. The number of anilines is 1. The highest BCUT2D eigenvalue weighted by molar-refractivity contribution is 6.23. The van der Waals surface area contributed by atoms with E-state index in [1.54, 1.807) is 0 Å². The Bertz CT molecular complexity index is 1050. The van der Waals surface area contributed by atoms with Crippen LogP contribution in [-0.4, -0.2) is 11.8 Å². The fourth-order valence-corrected chi connectivity index (χ4v) is 5.81. The van der Waals surface area contributed by atoms with Crippen LogP contribution in [0, 0.1) is 11.8 Å². The molecule has 3 aliphatic carbocycles. The summed E-state index contributed by atoms with van der Waals surface area (Å²) in [6.45, 7) is 2.10. The van der Waals surface area contributed by atoms with E-state index in [4.69, 9.17) is 0 Å². The lowest BCUT2D eigenvalue weighted by Gasteiger charge is -2.45. The Kier molecular flexibility index (Phi) is 3.40. The monoisotopic (exact) mass is 379 g/mol. The molecule has 0 saturated carbocycles. The Hall–Kier alpha value is -3.20. The molecule has 2 unspecified atom stereocenters. The molecule has 3 heteroatoms. The SMILES string of the molecule is CCc1ccc(N2C(=O)C3C4c5ccccc5C(c5ccccc54)C3C2=O)cc1. The van der Waals surface area contributed by atoms with Gasteiger partial charge in [0.2, 0.25) is 11.8 Å². The molecule has 0 radical (unpaired) electrons. The zero-order valence-corrected chi connectivity index (χ0v) is 16.2. The molecule has 2 atom stereocenters. The highest BCUT2D eigenvalue weighted by Gasteiger charge is 2.61. The van der Waals surface area contributed by atoms with Gasteiger partial charge in [0.15, 0.2) is 0 Å². The van der Waals surface area contributed by atoms with Crippen molar-refractivity contribution in [2.24, 2.45) is 11.8 Å². The van der Waals surface area contributed by atoms with Crippen molar-refractivity contribution in [3.8, 4) is 0 Å². The summed E-state index contributed by atoms with van der Waals surface area (Å²) in [6, 6.07) is 24.5. The Balaban J connectivity index is 1.53. The molecule has 142 valence electrons. The molecule has 0 aromatic heterocycles. The van der Waals surface area contributed by atoms with Gasteiger partial charge in [0.1, 0.15) is 0 Å². The van der Waals surface area contributed by atoms with E-state index in [0.29, 0.717) is 5.69 Å². The van der Waals surface area contributed by atoms with Crippen molar-refractivity contribution in [3.05, 3.63) is 101 Å². The van der Waals surface area contributed by atoms with Crippen molar-refractivity contribution in [2.75, 3.05) is 4.90 Å². The molecule has 1 aliphatic heterocycles. The van der Waals surface area contributed by atoms with Crippen LogP contribution < -0.4 is 4.90 Å². The fourth-order valence-electron chi connectivity index (χ4n) is 5.81. The average Bonchev–Trinajstić information content (AvgIpc) is 3.04. The molecule has 3 nitrogen and oxygen atoms in total. The molecular formula is C26H21NO2. The number of benzene rings is 3. The van der Waals surface area contributed by atoms with Crippen molar-refractivity contribution < 1.29 is 9.59 Å². The summed E-state index contributed by atoms with van der Waals surface area (Å²) < 4.78 is 0. The molecule has 4 aliphatic rings. The van der Waals surface area contributed by atoms with Crippen LogP contribution >= 0.6 is 0 Å². The van der Waals surface area contributed by atoms with Crippen molar-refractivity contribution in [1.82, 2.24) is 0 Å². The molecule has 3 aromatic carbocycles. The number of rotatable bonds is 2. The van der Waals surface area contributed by atoms with Gasteiger partial charge >= 0.3 is 0 Å². The van der Waals surface area contributed by atoms with Gasteiger partial charge in [0.25, 0.3) is 0 Å². The highest BCUT2D eigenvalue weighted by Crippen LogP contribution is 2.61. The summed E-state index contributed by atoms with van der Waals surface area (Å²) in [5.41, 5.74) is 6.73. The van der Waals surface area contributed by atoms with Crippen LogP contribution in [0.1, 0.15) is 46.6 Å². The van der Waals surface area contributed by atoms with Crippen LogP contribution in [-0.2, 0) is 16.0 Å². The third-order valence-corrected chi connectivity index (χ3v) is 7.05. The first-order valence-corrected chi connectivity index (χ1v) is 10.3. The lowest BCUT2D eigenvalue weighted by Crippen LogP contribution is -2.41. The maximum Gasteiger partial charge on any atom is 0.238 e. The van der Waals surface area contributed by atoms with Crippen LogP contribution in [0.2, 0.25) is 0 Å². The Labute approximate surface area is 170 Å². The van der Waals surface area contributed by atoms with E-state index in [1.807, 2.05) is 48.5 Å². The van der Waals surface area contributed by atoms with Crippen LogP contribution in [0.5, 0.6) is 0 Å². The largest absolute Gasteiger partial charge is 0.274 e. The van der Waals surface area contributed by atoms with Gasteiger partial charge in [-0.3, -0.25) is 9.59 Å². The normalized spacial score (nSPS) is 26.3. The van der Waals surface area contributed by atoms with Gasteiger partial charge in [0.05, 0.1) is 17.5 Å². The molecule has 0 spiro atoms. The first kappa shape index (κ1) is 16.7. The molecule has 1 heterocycles. The van der Waals surface area contributed by atoms with Gasteiger partial charge in [-0.25, -0.2) is 4.90 Å². The third-order valence-electron chi connectivity index (χ3n) is 7.05. The van der Waals surface area contributed by atoms with Crippen LogP contribution in [0.3, 0.4) is 0 Å². The van der Waals surface area contributed by atoms with E-state index in [0.717, 1.165) is 6.42 Å². The van der Waals surface area contributed by atoms with Crippen molar-refractivity contribution in [3.63, 3.8) is 0 Å². The number of imide groups is 1. The van der Waals surface area contributed by atoms with E-state index < -0.39 is 0 Å². The second-order valence-corrected chi connectivity index (χ2v) is 8.30. The second kappa shape index (κ2) is 5.90. The minimum atomic E-state index is -0.317. The predicted molar refractivity (Wildman–Crippen MR) is 112 cm³/mol. The number of carbonyl (C=O) groups is 2. The van der Waals surface area contributed by atoms with Crippen molar-refractivity contribution in [2.45, 2.75) is 25.2 Å². The molecule has 1 fully saturated rings. The quantitative estimate of drug-likeness (QED) is 0.608. The van der Waals surface area contributed by atoms with Crippen molar-refractivity contribution in [1.29, 1.82) is 0 Å². The number of carbonyl (C=O) groups excluding carboxylic acids is 2. The smallest absolute Gasteiger partial charge is 0.238 e. The van der Waals surface area contributed by atoms with E-state index in [9.17, 15) is 9.59 Å². The third kappa shape index (κ3) is 2.08. The minimum Gasteiger partial charge on any atom is -0.274 e. The number of hydrogen-bond donors (Lipinski definition) is 0. The topological polar surface area (TPSA) is 37.4 Å². The van der Waals surface area contributed by atoms with E-state index in [-0.39, 0.29) is 35.5 Å². The zero-order valence-electron chi connectivity index (χ0n) is 16.2. The molecule has 0 N–H and O–H groups in total. The predicted octanol–water partition coefficient (Wildman–Crippen LogP) is 4.65. The van der Waals surface area contributed by atoms with Gasteiger partial charge in [-0.05, 0) is 46.4 Å². The first-order valence-electron chi connectivity index (χ1n) is 10.3. The minimum absolute atomic E-state index is 0.0474. The van der Waals surface area contributed by atoms with Crippen molar-refractivity contribution >= 4 is 17.5 Å². The molecular weight excluding hydrogens is 358 g/mol. The summed E-state index contributed by atoms with van der Waals surface area (Å²) in [7, 11) is 0. The molecule has 7 rings (SSSR count). The summed E-state index contributed by atoms with van der Waals surface area (Å²) in [5.74, 6) is -0.833. The van der Waals surface area contributed by atoms with E-state index in [2.05, 4.69) is 31.2 Å². The maximum absolute atomic E-state index is 13.6. The van der Waals surface area contributed by atoms with Crippen LogP contribution in [0.4, 0.5) is 5.69 Å². The molecule has 1 saturated heterocycles. The number of amides is 2. The fraction of sp³-hybridized carbons (Fsp3) is 0.231. The van der Waals surface area contributed by atoms with Gasteiger partial charge < -0.3 is 0 Å². The Morgan fingerprint density at radius 3 is 1.45 bits per heavy atom. The highest BCUT2D eigenvalue weighted by atomic mass is 16.2. The summed E-state index contributed by atoms with van der Waals surface area (Å²) in [4.78, 5) is 28.7. The molecule has 2 bridgehead atoms. The zero-order chi connectivity index (χ0) is 19.7. The number of hydrogen-bond acceptors (Lipinski definition) is 2. The van der Waals surface area contributed by atoms with E-state index >= 15 is 0 Å². The Morgan fingerprint density at radius 2 is 1.07 bits per heavy atom. The lowest BCUT2D eigenvalue weighted by molar-refractivity contribution is -0.122. The first-order chi connectivity index (χ1) is 14.2. The number of nitrogens with zero attached hydrogens (tertiary/aromatic N) is 1. The van der Waals surface area contributed by atoms with Gasteiger partial charge in [-0.1, -0.05) is 67.6 Å². The summed E-state index contributed by atoms with van der Waals surface area (Å²) in [5, 5.41) is 0. The molecule has 2 amide bonds. The molecule has 3 aromatic rings. The summed E-state index contributed by atoms with van der Waals surface area (Å²) >= 11 is 0. The number of aryl methyl sites for hydroxylation is 1. The standard InChI is InChI=1S/C26H21NO2/c1-2-15-11-13-16(14-12-15)27-25(28)23-21-17-7-3-4-8-18(17)22(24(23)26(27)29)20-10-6-5-9-19(20)21/h3-14,21-24H,2H2,1H3. The average molecular weight is 379 g/mol. The van der Waals surface area contributed by atoms with Crippen LogP contribution in [0.15, 0.2) is 72.8 Å². The van der Waals surface area contributed by atoms with Gasteiger partial charge in [-0.2, -0.15) is 0 Å². The van der Waals surface area contributed by atoms with Crippen LogP contribution in [0.25, 0.3) is 0 Å². The Morgan fingerprint density at radius 1 is 0.655 bits per heavy atom. The van der Waals surface area contributed by atoms with E-state index in [1.165, 1.54) is 32.7 Å². The lowest BCUT2D eigenvalue weighted by atomic mass is 9.55. The maximum atomic E-state index is 13.6. The van der Waals surface area contributed by atoms with Gasteiger partial charge in [-0.15, -0.1) is 0 Å².